The van der Waals surface area contributed by atoms with Gasteiger partial charge in [-0.1, -0.05) is 20.3 Å². The van der Waals surface area contributed by atoms with Crippen molar-refractivity contribution in [3.63, 3.8) is 0 Å². The Morgan fingerprint density at radius 2 is 2.06 bits per heavy atom. The molecular formula is C13H19F2NO. The Balaban J connectivity index is 2.59. The zero-order valence-corrected chi connectivity index (χ0v) is 10.5. The first-order valence-corrected chi connectivity index (χ1v) is 5.83. The molecule has 0 aliphatic carbocycles. The average Bonchev–Trinajstić information content (AvgIpc) is 2.31. The van der Waals surface area contributed by atoms with E-state index in [9.17, 15) is 8.78 Å². The largest absolute Gasteiger partial charge is 0.489 e. The first-order chi connectivity index (χ1) is 8.08. The van der Waals surface area contributed by atoms with Gasteiger partial charge in [0.05, 0.1) is 0 Å². The summed E-state index contributed by atoms with van der Waals surface area (Å²) in [6, 6.07) is 3.49. The highest BCUT2D eigenvalue weighted by Gasteiger charge is 2.15. The van der Waals surface area contributed by atoms with Gasteiger partial charge in [0, 0.05) is 12.1 Å². The second-order valence-electron chi connectivity index (χ2n) is 4.17. The molecule has 0 fully saturated rings. The molecule has 1 rings (SSSR count). The molecule has 0 saturated carbocycles. The monoisotopic (exact) mass is 243 g/mol. The molecule has 0 aliphatic rings. The van der Waals surface area contributed by atoms with Crippen LogP contribution in [0.15, 0.2) is 18.2 Å². The zero-order valence-electron chi connectivity index (χ0n) is 10.5. The van der Waals surface area contributed by atoms with Crippen LogP contribution in [0.2, 0.25) is 0 Å². The Bertz CT molecular complexity index is 357. The zero-order chi connectivity index (χ0) is 12.8. The van der Waals surface area contributed by atoms with Crippen LogP contribution in [0.5, 0.6) is 5.75 Å². The van der Waals surface area contributed by atoms with E-state index in [0.29, 0.717) is 12.5 Å². The van der Waals surface area contributed by atoms with Gasteiger partial charge in [-0.2, -0.15) is 0 Å². The minimum atomic E-state index is -0.663. The van der Waals surface area contributed by atoms with Gasteiger partial charge in [-0.15, -0.1) is 0 Å². The molecule has 0 aromatic heterocycles. The van der Waals surface area contributed by atoms with E-state index >= 15 is 0 Å². The number of benzene rings is 1. The molecule has 0 aliphatic heterocycles. The molecule has 96 valence electrons. The van der Waals surface area contributed by atoms with Crippen LogP contribution in [0.4, 0.5) is 8.78 Å². The second-order valence-corrected chi connectivity index (χ2v) is 4.17. The predicted molar refractivity (Wildman–Crippen MR) is 64.2 cm³/mol. The highest BCUT2D eigenvalue weighted by atomic mass is 19.1. The summed E-state index contributed by atoms with van der Waals surface area (Å²) in [5, 5.41) is 3.13. The van der Waals surface area contributed by atoms with E-state index in [1.165, 1.54) is 12.1 Å². The first-order valence-electron chi connectivity index (χ1n) is 5.83. The van der Waals surface area contributed by atoms with Gasteiger partial charge < -0.3 is 10.1 Å². The Labute approximate surface area is 101 Å². The summed E-state index contributed by atoms with van der Waals surface area (Å²) in [4.78, 5) is 0. The summed E-state index contributed by atoms with van der Waals surface area (Å²) in [7, 11) is 1.85. The fourth-order valence-corrected chi connectivity index (χ4v) is 1.59. The average molecular weight is 243 g/mol. The van der Waals surface area contributed by atoms with Crippen LogP contribution in [-0.2, 0) is 0 Å². The molecule has 0 heterocycles. The molecule has 0 radical (unpaired) electrons. The van der Waals surface area contributed by atoms with Crippen molar-refractivity contribution in [3.05, 3.63) is 29.8 Å². The lowest BCUT2D eigenvalue weighted by atomic mass is 10.0. The van der Waals surface area contributed by atoms with Crippen LogP contribution in [0.25, 0.3) is 0 Å². The topological polar surface area (TPSA) is 21.3 Å². The lowest BCUT2D eigenvalue weighted by Gasteiger charge is -2.22. The van der Waals surface area contributed by atoms with Crippen LogP contribution >= 0.6 is 0 Å². The number of nitrogens with one attached hydrogen (secondary N) is 1. The number of ether oxygens (including phenoxy) is 1. The maximum atomic E-state index is 13.3. The number of hydrogen-bond acceptors (Lipinski definition) is 2. The maximum Gasteiger partial charge on any atom is 0.167 e. The fraction of sp³-hybridized carbons (Fsp3) is 0.538. The van der Waals surface area contributed by atoms with Gasteiger partial charge in [-0.25, -0.2) is 8.78 Å². The van der Waals surface area contributed by atoms with E-state index < -0.39 is 11.6 Å². The summed E-state index contributed by atoms with van der Waals surface area (Å²) < 4.78 is 31.4. The third-order valence-corrected chi connectivity index (χ3v) is 3.01. The standard InChI is InChI=1S/C13H19F2NO/c1-4-9(2)12(16-3)8-17-13-6-5-10(14)7-11(13)15/h5-7,9,12,16H,4,8H2,1-3H3. The molecule has 2 unspecified atom stereocenters. The van der Waals surface area contributed by atoms with Gasteiger partial charge in [0.25, 0.3) is 0 Å². The molecule has 4 heteroatoms. The summed E-state index contributed by atoms with van der Waals surface area (Å²) in [6.07, 6.45) is 1.01. The third-order valence-electron chi connectivity index (χ3n) is 3.01. The van der Waals surface area contributed by atoms with E-state index in [1.807, 2.05) is 7.05 Å². The van der Waals surface area contributed by atoms with Crippen LogP contribution in [0.1, 0.15) is 20.3 Å². The third kappa shape index (κ3) is 3.97. The van der Waals surface area contributed by atoms with Crippen molar-refractivity contribution in [3.8, 4) is 5.75 Å². The maximum absolute atomic E-state index is 13.3. The molecule has 2 atom stereocenters. The van der Waals surface area contributed by atoms with E-state index in [2.05, 4.69) is 19.2 Å². The lowest BCUT2D eigenvalue weighted by molar-refractivity contribution is 0.220. The molecule has 0 bridgehead atoms. The van der Waals surface area contributed by atoms with E-state index in [1.54, 1.807) is 0 Å². The van der Waals surface area contributed by atoms with Gasteiger partial charge in [0.1, 0.15) is 12.4 Å². The smallest absolute Gasteiger partial charge is 0.167 e. The summed E-state index contributed by atoms with van der Waals surface area (Å²) in [5.41, 5.74) is 0. The van der Waals surface area contributed by atoms with Crippen LogP contribution in [0, 0.1) is 17.6 Å². The number of hydrogen-bond donors (Lipinski definition) is 1. The highest BCUT2D eigenvalue weighted by Crippen LogP contribution is 2.18. The van der Waals surface area contributed by atoms with E-state index in [4.69, 9.17) is 4.74 Å². The highest BCUT2D eigenvalue weighted by molar-refractivity contribution is 5.24. The summed E-state index contributed by atoms with van der Waals surface area (Å²) in [5.74, 6) is -0.732. The van der Waals surface area contributed by atoms with Crippen LogP contribution in [-0.4, -0.2) is 19.7 Å². The van der Waals surface area contributed by atoms with Gasteiger partial charge in [0.2, 0.25) is 0 Å². The van der Waals surface area contributed by atoms with E-state index in [0.717, 1.165) is 12.5 Å². The summed E-state index contributed by atoms with van der Waals surface area (Å²) in [6.45, 7) is 4.56. The summed E-state index contributed by atoms with van der Waals surface area (Å²) >= 11 is 0. The van der Waals surface area contributed by atoms with Crippen molar-refractivity contribution < 1.29 is 13.5 Å². The molecule has 1 aromatic rings. The fourth-order valence-electron chi connectivity index (χ4n) is 1.59. The first kappa shape index (κ1) is 13.9. The quantitative estimate of drug-likeness (QED) is 0.829. The van der Waals surface area contributed by atoms with Gasteiger partial charge in [-0.3, -0.25) is 0 Å². The molecular weight excluding hydrogens is 224 g/mol. The normalized spacial score (nSPS) is 14.4. The number of likely N-dealkylation sites (N-methyl/N-ethyl adjacent to an activating group) is 1. The molecule has 1 aromatic carbocycles. The molecule has 17 heavy (non-hydrogen) atoms. The van der Waals surface area contributed by atoms with Crippen molar-refractivity contribution in [2.45, 2.75) is 26.3 Å². The molecule has 0 saturated heterocycles. The van der Waals surface area contributed by atoms with E-state index in [-0.39, 0.29) is 11.8 Å². The molecule has 1 N–H and O–H groups in total. The minimum absolute atomic E-state index is 0.0925. The van der Waals surface area contributed by atoms with Crippen molar-refractivity contribution >= 4 is 0 Å². The van der Waals surface area contributed by atoms with Crippen molar-refractivity contribution in [1.29, 1.82) is 0 Å². The van der Waals surface area contributed by atoms with Crippen LogP contribution in [0.3, 0.4) is 0 Å². The van der Waals surface area contributed by atoms with Crippen molar-refractivity contribution in [2.75, 3.05) is 13.7 Å². The number of rotatable bonds is 6. The molecule has 2 nitrogen and oxygen atoms in total. The molecule has 0 spiro atoms. The van der Waals surface area contributed by atoms with Crippen molar-refractivity contribution in [1.82, 2.24) is 5.32 Å². The van der Waals surface area contributed by atoms with Gasteiger partial charge >= 0.3 is 0 Å². The second kappa shape index (κ2) is 6.55. The lowest BCUT2D eigenvalue weighted by Crippen LogP contribution is -2.37. The SMILES string of the molecule is CCC(C)C(COc1ccc(F)cc1F)NC. The van der Waals surface area contributed by atoms with Crippen LogP contribution < -0.4 is 10.1 Å². The predicted octanol–water partition coefficient (Wildman–Crippen LogP) is 2.98. The molecule has 0 amide bonds. The van der Waals surface area contributed by atoms with Gasteiger partial charge in [0.15, 0.2) is 11.6 Å². The Morgan fingerprint density at radius 3 is 2.59 bits per heavy atom. The Kier molecular flexibility index (Phi) is 5.35. The van der Waals surface area contributed by atoms with Crippen molar-refractivity contribution in [2.24, 2.45) is 5.92 Å². The Hall–Kier alpha value is -1.16. The van der Waals surface area contributed by atoms with Gasteiger partial charge in [-0.05, 0) is 25.1 Å². The Morgan fingerprint density at radius 1 is 1.35 bits per heavy atom. The minimum Gasteiger partial charge on any atom is -0.489 e. The number of halogens is 2.